The number of para-hydroxylation sites is 1. The van der Waals surface area contributed by atoms with E-state index in [2.05, 4.69) is 41.7 Å². The average molecular weight is 391 g/mol. The van der Waals surface area contributed by atoms with Gasteiger partial charge in [0.1, 0.15) is 0 Å². The molecule has 0 amide bonds. The van der Waals surface area contributed by atoms with Crippen molar-refractivity contribution < 1.29 is 4.79 Å². The smallest absolute Gasteiger partial charge is 0.276 e. The van der Waals surface area contributed by atoms with Gasteiger partial charge in [-0.25, -0.2) is 9.89 Å². The molecule has 0 fully saturated rings. The van der Waals surface area contributed by atoms with Crippen LogP contribution in [0.4, 0.5) is 0 Å². The van der Waals surface area contributed by atoms with E-state index in [-0.39, 0.29) is 5.69 Å². The maximum atomic E-state index is 11.0. The molecule has 0 spiro atoms. The fourth-order valence-electron chi connectivity index (χ4n) is 1.51. The van der Waals surface area contributed by atoms with Crippen LogP contribution in [-0.2, 0) is 0 Å². The molecule has 0 aliphatic heterocycles. The van der Waals surface area contributed by atoms with Gasteiger partial charge in [-0.05, 0) is 34.2 Å². The largest absolute Gasteiger partial charge is 0.365 e. The second-order valence-corrected chi connectivity index (χ2v) is 13.2. The molecule has 2 aromatic carbocycles. The van der Waals surface area contributed by atoms with Gasteiger partial charge in [-0.15, -0.1) is 0 Å². The van der Waals surface area contributed by atoms with Crippen molar-refractivity contribution in [2.24, 2.45) is 0 Å². The summed E-state index contributed by atoms with van der Waals surface area (Å²) >= 11 is 5.16. The molecule has 6 nitrogen and oxygen atoms in total. The third-order valence-corrected chi connectivity index (χ3v) is 2.69. The summed E-state index contributed by atoms with van der Waals surface area (Å²) in [4.78, 5) is 21.4. The number of aromatic nitrogens is 4. The van der Waals surface area contributed by atoms with Crippen LogP contribution in [0.2, 0.25) is 26.2 Å². The Bertz CT molecular complexity index is 837. The zero-order valence-corrected chi connectivity index (χ0v) is 17.1. The molecule has 0 aliphatic rings. The number of H-pyrrole nitrogens is 1. The van der Waals surface area contributed by atoms with E-state index in [1.807, 2.05) is 24.3 Å². The number of hydrogen-bond donors (Lipinski definition) is 1. The van der Waals surface area contributed by atoms with E-state index < -0.39 is 13.3 Å². The molecule has 0 aliphatic carbocycles. The average Bonchev–Trinajstić information content (AvgIpc) is 3.02. The fourth-order valence-corrected chi connectivity index (χ4v) is 1.63. The summed E-state index contributed by atoms with van der Waals surface area (Å²) in [6, 6.07) is 17.8. The van der Waals surface area contributed by atoms with Crippen molar-refractivity contribution in [2.75, 3.05) is 0 Å². The number of carbonyl (C=O) groups is 1. The Morgan fingerprint density at radius 2 is 1.42 bits per heavy atom. The van der Waals surface area contributed by atoms with E-state index in [0.29, 0.717) is 11.3 Å². The first kappa shape index (κ1) is 21.5. The number of hydrogen-bond acceptors (Lipinski definition) is 4. The van der Waals surface area contributed by atoms with E-state index >= 15 is 0 Å². The molecule has 3 rings (SSSR count). The number of halogens is 1. The predicted molar refractivity (Wildman–Crippen MR) is 108 cm³/mol. The van der Waals surface area contributed by atoms with Gasteiger partial charge in [0.15, 0.2) is 0 Å². The highest BCUT2D eigenvalue weighted by Gasteiger charge is 2.00. The van der Waals surface area contributed by atoms with Crippen LogP contribution in [0.25, 0.3) is 5.69 Å². The highest BCUT2D eigenvalue weighted by atomic mass is 35.5. The summed E-state index contributed by atoms with van der Waals surface area (Å²) in [7, 11) is -0.611. The first-order valence-electron chi connectivity index (χ1n) is 7.99. The van der Waals surface area contributed by atoms with Gasteiger partial charge in [0.05, 0.1) is 5.69 Å². The number of nitrogens with one attached hydrogen (secondary N) is 1. The van der Waals surface area contributed by atoms with Crippen LogP contribution in [0.15, 0.2) is 65.5 Å². The molecule has 0 bridgehead atoms. The maximum absolute atomic E-state index is 11.0. The van der Waals surface area contributed by atoms with E-state index in [1.165, 1.54) is 4.68 Å². The molecule has 1 heterocycles. The van der Waals surface area contributed by atoms with Crippen LogP contribution in [0, 0.1) is 0 Å². The Hall–Kier alpha value is -2.51. The van der Waals surface area contributed by atoms with Gasteiger partial charge < -0.3 is 0 Å². The van der Waals surface area contributed by atoms with Gasteiger partial charge >= 0.3 is 5.69 Å². The highest BCUT2D eigenvalue weighted by molar-refractivity contribution is 6.74. The number of benzene rings is 2. The SMILES string of the molecule is C[Si](C)(C)C.O=C(Cl)c1ccccc1.O=c1[nH]nnn1-c1ccccc1. The minimum atomic E-state index is -0.611. The van der Waals surface area contributed by atoms with Crippen LogP contribution in [0.1, 0.15) is 10.4 Å². The van der Waals surface area contributed by atoms with E-state index in [9.17, 15) is 9.59 Å². The van der Waals surface area contributed by atoms with Gasteiger partial charge in [0.2, 0.25) is 0 Å². The molecule has 0 unspecified atom stereocenters. The third kappa shape index (κ3) is 9.10. The minimum absolute atomic E-state index is 0.332. The molecule has 0 radical (unpaired) electrons. The lowest BCUT2D eigenvalue weighted by atomic mass is 10.2. The molecule has 138 valence electrons. The van der Waals surface area contributed by atoms with Crippen molar-refractivity contribution in [3.05, 3.63) is 76.7 Å². The van der Waals surface area contributed by atoms with Crippen molar-refractivity contribution in [1.29, 1.82) is 0 Å². The summed E-state index contributed by atoms with van der Waals surface area (Å²) < 4.78 is 1.19. The lowest BCUT2D eigenvalue weighted by molar-refractivity contribution is 0.108. The molecular weight excluding hydrogens is 368 g/mol. The summed E-state index contributed by atoms with van der Waals surface area (Å²) in [5, 5.41) is 8.76. The molecule has 26 heavy (non-hydrogen) atoms. The van der Waals surface area contributed by atoms with Gasteiger partial charge in [-0.2, -0.15) is 4.68 Å². The maximum Gasteiger partial charge on any atom is 0.365 e. The molecular formula is C18H23ClN4O2Si. The second kappa shape index (κ2) is 10.5. The first-order valence-corrected chi connectivity index (χ1v) is 12.4. The molecule has 1 N–H and O–H groups in total. The van der Waals surface area contributed by atoms with Gasteiger partial charge in [0, 0.05) is 13.6 Å². The lowest BCUT2D eigenvalue weighted by Crippen LogP contribution is -2.15. The summed E-state index contributed by atoms with van der Waals surface area (Å²) in [5.74, 6) is 0. The van der Waals surface area contributed by atoms with E-state index in [1.54, 1.807) is 36.4 Å². The second-order valence-electron chi connectivity index (χ2n) is 6.89. The number of rotatable bonds is 2. The van der Waals surface area contributed by atoms with Crippen LogP contribution < -0.4 is 5.69 Å². The number of carbonyl (C=O) groups excluding carboxylic acids is 1. The minimum Gasteiger partial charge on any atom is -0.276 e. The van der Waals surface area contributed by atoms with E-state index in [4.69, 9.17) is 11.6 Å². The zero-order valence-electron chi connectivity index (χ0n) is 15.3. The normalized spacial score (nSPS) is 10.0. The Balaban J connectivity index is 0.000000214. The Morgan fingerprint density at radius 1 is 0.962 bits per heavy atom. The standard InChI is InChI=1S/C7H5ClO.C7H6N4O.C4H12Si/c8-7(9)6-4-2-1-3-5-6;12-7-8-9-10-11(7)6-4-2-1-3-5-6;1-5(2,3)4/h1-5H;1-5H,(H,8,10,12);1-4H3. The van der Waals surface area contributed by atoms with Crippen molar-refractivity contribution in [3.8, 4) is 5.69 Å². The van der Waals surface area contributed by atoms with Crippen molar-refractivity contribution in [2.45, 2.75) is 26.2 Å². The highest BCUT2D eigenvalue weighted by Crippen LogP contribution is 2.01. The van der Waals surface area contributed by atoms with Crippen molar-refractivity contribution in [1.82, 2.24) is 20.2 Å². The van der Waals surface area contributed by atoms with E-state index in [0.717, 1.165) is 0 Å². The van der Waals surface area contributed by atoms with Crippen LogP contribution in [0.3, 0.4) is 0 Å². The first-order chi connectivity index (χ1) is 12.2. The topological polar surface area (TPSA) is 80.6 Å². The quantitative estimate of drug-likeness (QED) is 0.530. The molecule has 0 saturated heterocycles. The molecule has 0 atom stereocenters. The Kier molecular flexibility index (Phi) is 8.67. The van der Waals surface area contributed by atoms with Gasteiger partial charge in [-0.3, -0.25) is 4.79 Å². The summed E-state index contributed by atoms with van der Waals surface area (Å²) in [6.45, 7) is 9.31. The van der Waals surface area contributed by atoms with Crippen LogP contribution in [0.5, 0.6) is 0 Å². The van der Waals surface area contributed by atoms with Gasteiger partial charge in [0.25, 0.3) is 5.24 Å². The van der Waals surface area contributed by atoms with Gasteiger partial charge in [-0.1, -0.05) is 74.7 Å². The number of tetrazole rings is 1. The van der Waals surface area contributed by atoms with Crippen molar-refractivity contribution in [3.63, 3.8) is 0 Å². The number of nitrogens with zero attached hydrogens (tertiary/aromatic N) is 3. The molecule has 3 aromatic rings. The Labute approximate surface area is 158 Å². The molecule has 8 heteroatoms. The Morgan fingerprint density at radius 3 is 1.77 bits per heavy atom. The summed E-state index contributed by atoms with van der Waals surface area (Å²) in [6.07, 6.45) is 0. The fraction of sp³-hybridized carbons (Fsp3) is 0.222. The summed E-state index contributed by atoms with van der Waals surface area (Å²) in [5.41, 5.74) is 0.914. The number of aromatic amines is 1. The van der Waals surface area contributed by atoms with Crippen LogP contribution >= 0.6 is 11.6 Å². The molecule has 0 saturated carbocycles. The predicted octanol–water partition coefficient (Wildman–Crippen LogP) is 3.98. The van der Waals surface area contributed by atoms with Crippen LogP contribution in [-0.4, -0.2) is 33.5 Å². The lowest BCUT2D eigenvalue weighted by Gasteiger charge is -2.01. The zero-order chi connectivity index (χ0) is 19.6. The van der Waals surface area contributed by atoms with Crippen molar-refractivity contribution >= 4 is 24.9 Å². The molecule has 1 aromatic heterocycles. The monoisotopic (exact) mass is 390 g/mol. The third-order valence-electron chi connectivity index (χ3n) is 2.47.